The van der Waals surface area contributed by atoms with Gasteiger partial charge in [-0.15, -0.1) is 11.8 Å². The summed E-state index contributed by atoms with van der Waals surface area (Å²) < 4.78 is 0. The summed E-state index contributed by atoms with van der Waals surface area (Å²) in [4.78, 5) is 24.9. The van der Waals surface area contributed by atoms with E-state index in [4.69, 9.17) is 10.2 Å². The number of amides is 1. The molecule has 2 rings (SSSR count). The van der Waals surface area contributed by atoms with E-state index in [0.29, 0.717) is 12.8 Å². The van der Waals surface area contributed by atoms with Gasteiger partial charge in [-0.05, 0) is 12.7 Å². The maximum atomic E-state index is 11.7. The number of hydrogen-bond donors (Lipinski definition) is 2. The van der Waals surface area contributed by atoms with Gasteiger partial charge >= 0.3 is 5.97 Å². The van der Waals surface area contributed by atoms with Crippen molar-refractivity contribution < 1.29 is 19.8 Å². The second kappa shape index (κ2) is 4.10. The number of hydrogen-bond acceptors (Lipinski definition) is 4. The molecule has 2 N–H and O–H groups in total. The van der Waals surface area contributed by atoms with Gasteiger partial charge in [0.15, 0.2) is 0 Å². The summed E-state index contributed by atoms with van der Waals surface area (Å²) in [6.07, 6.45) is 2.85. The lowest BCUT2D eigenvalue weighted by molar-refractivity contribution is -0.155. The largest absolute Gasteiger partial charge is 0.477 e. The van der Waals surface area contributed by atoms with Gasteiger partial charge in [0.1, 0.15) is 5.70 Å². The highest BCUT2D eigenvalue weighted by Gasteiger charge is 2.54. The molecule has 0 aromatic rings. The number of aliphatic carboxylic acids is 1. The molecule has 0 radical (unpaired) electrons. The van der Waals surface area contributed by atoms with E-state index in [0.717, 1.165) is 4.91 Å². The molecule has 88 valence electrons. The molecule has 0 aromatic carbocycles. The van der Waals surface area contributed by atoms with E-state index >= 15 is 0 Å². The average molecular weight is 243 g/mol. The number of aliphatic hydroxyl groups excluding tert-OH is 1. The lowest BCUT2D eigenvalue weighted by atomic mass is 9.85. The molecule has 2 aliphatic heterocycles. The van der Waals surface area contributed by atoms with Crippen molar-refractivity contribution in [3.63, 3.8) is 0 Å². The second-order valence-corrected chi connectivity index (χ2v) is 4.78. The summed E-state index contributed by atoms with van der Waals surface area (Å²) in [5, 5.41) is 17.9. The van der Waals surface area contributed by atoms with Gasteiger partial charge in [0.2, 0.25) is 5.91 Å². The Balaban J connectivity index is 2.22. The zero-order valence-electron chi connectivity index (χ0n) is 8.84. The van der Waals surface area contributed by atoms with Crippen LogP contribution in [0.4, 0.5) is 0 Å². The smallest absolute Gasteiger partial charge is 0.353 e. The van der Waals surface area contributed by atoms with Crippen LogP contribution in [0.1, 0.15) is 12.8 Å². The highest BCUT2D eigenvalue weighted by Crippen LogP contribution is 2.46. The van der Waals surface area contributed by atoms with E-state index in [1.54, 1.807) is 0 Å². The van der Waals surface area contributed by atoms with E-state index in [1.807, 2.05) is 6.26 Å². The van der Waals surface area contributed by atoms with Gasteiger partial charge < -0.3 is 15.1 Å². The molecule has 0 saturated carbocycles. The van der Waals surface area contributed by atoms with Gasteiger partial charge in [-0.1, -0.05) is 0 Å². The first-order chi connectivity index (χ1) is 7.61. The predicted octanol–water partition coefficient (Wildman–Crippen LogP) is 0.259. The number of rotatable bonds is 4. The summed E-state index contributed by atoms with van der Waals surface area (Å²) in [5.74, 6) is -1.41. The first-order valence-corrected chi connectivity index (χ1v) is 6.28. The van der Waals surface area contributed by atoms with E-state index in [2.05, 4.69) is 0 Å². The zero-order chi connectivity index (χ0) is 11.9. The molecule has 1 fully saturated rings. The molecule has 0 unspecified atom stereocenters. The molecule has 2 atom stereocenters. The van der Waals surface area contributed by atoms with Crippen molar-refractivity contribution in [2.45, 2.75) is 18.9 Å². The van der Waals surface area contributed by atoms with Crippen LogP contribution in [0.25, 0.3) is 0 Å². The molecule has 0 aromatic heterocycles. The zero-order valence-corrected chi connectivity index (χ0v) is 9.66. The summed E-state index contributed by atoms with van der Waals surface area (Å²) in [6, 6.07) is -0.0480. The normalized spacial score (nSPS) is 28.1. The number of nitrogens with zero attached hydrogens (tertiary/aromatic N) is 1. The van der Waals surface area contributed by atoms with Gasteiger partial charge in [-0.2, -0.15) is 0 Å². The SMILES string of the molecule is CSC1=C(C(=O)O)N2C(=O)[C@@H](CCO)[C@H]2C1. The van der Waals surface area contributed by atoms with E-state index < -0.39 is 5.97 Å². The summed E-state index contributed by atoms with van der Waals surface area (Å²) in [7, 11) is 0. The molecule has 0 spiro atoms. The molecule has 16 heavy (non-hydrogen) atoms. The molecule has 6 heteroatoms. The molecule has 2 aliphatic rings. The summed E-state index contributed by atoms with van der Waals surface area (Å²) >= 11 is 1.38. The standard InChI is InChI=1S/C10H13NO4S/c1-16-7-4-6-5(2-3-12)9(13)11(6)8(7)10(14)15/h5-6,12H,2-4H2,1H3,(H,14,15)/t5-,6+/m0/s1. The Morgan fingerprint density at radius 1 is 1.62 bits per heavy atom. The van der Waals surface area contributed by atoms with Crippen molar-refractivity contribution in [3.8, 4) is 0 Å². The van der Waals surface area contributed by atoms with Crippen molar-refractivity contribution in [2.24, 2.45) is 5.92 Å². The van der Waals surface area contributed by atoms with Crippen LogP contribution in [0.3, 0.4) is 0 Å². The first-order valence-electron chi connectivity index (χ1n) is 5.06. The third-order valence-electron chi connectivity index (χ3n) is 3.14. The van der Waals surface area contributed by atoms with Crippen molar-refractivity contribution in [2.75, 3.05) is 12.9 Å². The molecule has 5 nitrogen and oxygen atoms in total. The van der Waals surface area contributed by atoms with E-state index in [9.17, 15) is 9.59 Å². The number of carbonyl (C=O) groups is 2. The monoisotopic (exact) mass is 243 g/mol. The predicted molar refractivity (Wildman–Crippen MR) is 58.6 cm³/mol. The van der Waals surface area contributed by atoms with Crippen molar-refractivity contribution in [3.05, 3.63) is 10.6 Å². The Bertz CT molecular complexity index is 379. The van der Waals surface area contributed by atoms with Crippen LogP contribution in [0, 0.1) is 5.92 Å². The van der Waals surface area contributed by atoms with Crippen LogP contribution >= 0.6 is 11.8 Å². The molecular formula is C10H13NO4S. The number of carboxylic acids is 1. The van der Waals surface area contributed by atoms with Gasteiger partial charge in [-0.25, -0.2) is 4.79 Å². The minimum absolute atomic E-state index is 0.0300. The van der Waals surface area contributed by atoms with Crippen LogP contribution in [-0.4, -0.2) is 45.9 Å². The molecule has 0 aliphatic carbocycles. The summed E-state index contributed by atoms with van der Waals surface area (Å²) in [5.41, 5.74) is 0.136. The Kier molecular flexibility index (Phi) is 2.94. The number of fused-ring (bicyclic) bond motifs is 1. The number of β-lactam (4-membered cyclic amide) rings is 1. The van der Waals surface area contributed by atoms with Crippen LogP contribution in [0.2, 0.25) is 0 Å². The second-order valence-electron chi connectivity index (χ2n) is 3.88. The molecule has 0 bridgehead atoms. The summed E-state index contributed by atoms with van der Waals surface area (Å²) in [6.45, 7) is -0.0300. The number of carboxylic acid groups (broad SMARTS) is 1. The van der Waals surface area contributed by atoms with Crippen LogP contribution in [0.15, 0.2) is 10.6 Å². The Morgan fingerprint density at radius 2 is 2.31 bits per heavy atom. The Morgan fingerprint density at radius 3 is 2.81 bits per heavy atom. The Hall–Kier alpha value is -1.01. The van der Waals surface area contributed by atoms with Gasteiger partial charge in [-0.3, -0.25) is 4.79 Å². The first kappa shape index (κ1) is 11.5. The maximum absolute atomic E-state index is 11.7. The number of thioether (sulfide) groups is 1. The fourth-order valence-electron chi connectivity index (χ4n) is 2.39. The van der Waals surface area contributed by atoms with Gasteiger partial charge in [0, 0.05) is 17.9 Å². The fraction of sp³-hybridized carbons (Fsp3) is 0.600. The highest BCUT2D eigenvalue weighted by molar-refractivity contribution is 8.02. The van der Waals surface area contributed by atoms with E-state index in [1.165, 1.54) is 16.7 Å². The molecule has 2 heterocycles. The van der Waals surface area contributed by atoms with Gasteiger partial charge in [0.25, 0.3) is 0 Å². The Labute approximate surface area is 97.1 Å². The van der Waals surface area contributed by atoms with Crippen molar-refractivity contribution in [1.29, 1.82) is 0 Å². The topological polar surface area (TPSA) is 77.8 Å². The lowest BCUT2D eigenvalue weighted by Gasteiger charge is -2.43. The van der Waals surface area contributed by atoms with Crippen LogP contribution < -0.4 is 0 Å². The van der Waals surface area contributed by atoms with Gasteiger partial charge in [0.05, 0.1) is 12.0 Å². The fourth-order valence-corrected chi connectivity index (χ4v) is 3.11. The average Bonchev–Trinajstić information content (AvgIpc) is 2.61. The van der Waals surface area contributed by atoms with Crippen molar-refractivity contribution >= 4 is 23.6 Å². The minimum atomic E-state index is -1.04. The maximum Gasteiger partial charge on any atom is 0.353 e. The lowest BCUT2D eigenvalue weighted by Crippen LogP contribution is -2.58. The highest BCUT2D eigenvalue weighted by atomic mass is 32.2. The molecule has 1 saturated heterocycles. The third kappa shape index (κ3) is 1.44. The number of carbonyl (C=O) groups excluding carboxylic acids is 1. The quantitative estimate of drug-likeness (QED) is 0.692. The van der Waals surface area contributed by atoms with Crippen molar-refractivity contribution in [1.82, 2.24) is 4.90 Å². The van der Waals surface area contributed by atoms with E-state index in [-0.39, 0.29) is 30.2 Å². The molecule has 1 amide bonds. The van der Waals surface area contributed by atoms with Crippen LogP contribution in [-0.2, 0) is 9.59 Å². The number of aliphatic hydroxyl groups is 1. The minimum Gasteiger partial charge on any atom is -0.477 e. The third-order valence-corrected chi connectivity index (χ3v) is 3.99. The molecular weight excluding hydrogens is 230 g/mol. The van der Waals surface area contributed by atoms with Crippen LogP contribution in [0.5, 0.6) is 0 Å².